The van der Waals surface area contributed by atoms with E-state index in [0.717, 1.165) is 28.4 Å². The minimum absolute atomic E-state index is 0.274. The van der Waals surface area contributed by atoms with Gasteiger partial charge in [-0.25, -0.2) is 9.78 Å². The van der Waals surface area contributed by atoms with Crippen LogP contribution < -0.4 is 4.74 Å². The van der Waals surface area contributed by atoms with Crippen LogP contribution >= 0.6 is 22.7 Å². The SMILES string of the molecule is CCCc1cc(OCc2csc(C)n2)c(C(=O)O)s1. The summed E-state index contributed by atoms with van der Waals surface area (Å²) in [7, 11) is 0. The summed E-state index contributed by atoms with van der Waals surface area (Å²) in [5.41, 5.74) is 0.835. The third kappa shape index (κ3) is 3.54. The average molecular weight is 297 g/mol. The van der Waals surface area contributed by atoms with Gasteiger partial charge in [-0.3, -0.25) is 0 Å². The summed E-state index contributed by atoms with van der Waals surface area (Å²) >= 11 is 2.85. The molecule has 102 valence electrons. The highest BCUT2D eigenvalue weighted by molar-refractivity contribution is 7.14. The second-order valence-corrected chi connectivity index (χ2v) is 6.31. The Bertz CT molecular complexity index is 574. The fourth-order valence-electron chi connectivity index (χ4n) is 1.67. The molecule has 0 aliphatic heterocycles. The number of thiophene rings is 1. The number of carboxylic acids is 1. The zero-order chi connectivity index (χ0) is 13.8. The maximum absolute atomic E-state index is 11.2. The predicted molar refractivity (Wildman–Crippen MR) is 76.5 cm³/mol. The third-order valence-electron chi connectivity index (χ3n) is 2.48. The highest BCUT2D eigenvalue weighted by atomic mass is 32.1. The first-order valence-electron chi connectivity index (χ1n) is 6.00. The van der Waals surface area contributed by atoms with Crippen molar-refractivity contribution in [3.8, 4) is 5.75 Å². The van der Waals surface area contributed by atoms with Crippen molar-refractivity contribution in [3.63, 3.8) is 0 Å². The van der Waals surface area contributed by atoms with Crippen LogP contribution in [0.4, 0.5) is 0 Å². The van der Waals surface area contributed by atoms with Gasteiger partial charge in [0.25, 0.3) is 0 Å². The van der Waals surface area contributed by atoms with Crippen LogP contribution in [-0.2, 0) is 13.0 Å². The van der Waals surface area contributed by atoms with Crippen molar-refractivity contribution in [2.75, 3.05) is 0 Å². The van der Waals surface area contributed by atoms with Gasteiger partial charge in [-0.15, -0.1) is 22.7 Å². The lowest BCUT2D eigenvalue weighted by atomic mass is 10.3. The van der Waals surface area contributed by atoms with E-state index in [-0.39, 0.29) is 4.88 Å². The number of carbonyl (C=O) groups is 1. The molecule has 0 bridgehead atoms. The van der Waals surface area contributed by atoms with Gasteiger partial charge < -0.3 is 9.84 Å². The molecule has 0 fully saturated rings. The zero-order valence-corrected chi connectivity index (χ0v) is 12.4. The van der Waals surface area contributed by atoms with Crippen molar-refractivity contribution in [2.24, 2.45) is 0 Å². The van der Waals surface area contributed by atoms with E-state index in [9.17, 15) is 4.79 Å². The van der Waals surface area contributed by atoms with Crippen molar-refractivity contribution < 1.29 is 14.6 Å². The molecule has 0 unspecified atom stereocenters. The van der Waals surface area contributed by atoms with Crippen LogP contribution in [-0.4, -0.2) is 16.1 Å². The number of aryl methyl sites for hydroxylation is 2. The molecule has 1 N–H and O–H groups in total. The van der Waals surface area contributed by atoms with E-state index in [0.29, 0.717) is 12.4 Å². The molecular formula is C13H15NO3S2. The van der Waals surface area contributed by atoms with Gasteiger partial charge in [-0.05, 0) is 19.4 Å². The Labute approximate surface area is 119 Å². The number of nitrogens with zero attached hydrogens (tertiary/aromatic N) is 1. The van der Waals surface area contributed by atoms with Crippen molar-refractivity contribution in [1.82, 2.24) is 4.98 Å². The fourth-order valence-corrected chi connectivity index (χ4v) is 3.31. The molecule has 0 spiro atoms. The lowest BCUT2D eigenvalue weighted by Crippen LogP contribution is -2.00. The summed E-state index contributed by atoms with van der Waals surface area (Å²) in [4.78, 5) is 16.8. The minimum atomic E-state index is -0.934. The minimum Gasteiger partial charge on any atom is -0.485 e. The molecule has 0 aliphatic carbocycles. The number of hydrogen-bond donors (Lipinski definition) is 1. The van der Waals surface area contributed by atoms with Gasteiger partial charge in [0.1, 0.15) is 12.4 Å². The highest BCUT2D eigenvalue weighted by Crippen LogP contribution is 2.31. The second kappa shape index (κ2) is 6.16. The maximum atomic E-state index is 11.2. The van der Waals surface area contributed by atoms with Crippen molar-refractivity contribution >= 4 is 28.6 Å². The molecule has 2 heterocycles. The molecular weight excluding hydrogens is 282 g/mol. The smallest absolute Gasteiger partial charge is 0.349 e. The first-order chi connectivity index (χ1) is 9.10. The molecule has 0 aromatic carbocycles. The molecule has 2 aromatic rings. The van der Waals surface area contributed by atoms with E-state index >= 15 is 0 Å². The highest BCUT2D eigenvalue weighted by Gasteiger charge is 2.16. The Morgan fingerprint density at radius 3 is 2.89 bits per heavy atom. The molecule has 2 rings (SSSR count). The zero-order valence-electron chi connectivity index (χ0n) is 10.8. The van der Waals surface area contributed by atoms with Crippen molar-refractivity contribution in [2.45, 2.75) is 33.3 Å². The monoisotopic (exact) mass is 297 g/mol. The van der Waals surface area contributed by atoms with E-state index in [1.54, 1.807) is 11.3 Å². The Hall–Kier alpha value is -1.40. The number of ether oxygens (including phenoxy) is 1. The largest absolute Gasteiger partial charge is 0.485 e. The summed E-state index contributed by atoms with van der Waals surface area (Å²) in [6.07, 6.45) is 1.87. The average Bonchev–Trinajstić information content (AvgIpc) is 2.93. The lowest BCUT2D eigenvalue weighted by molar-refractivity contribution is 0.0697. The van der Waals surface area contributed by atoms with Gasteiger partial charge in [0.2, 0.25) is 0 Å². The molecule has 0 saturated heterocycles. The van der Waals surface area contributed by atoms with E-state index in [4.69, 9.17) is 9.84 Å². The summed E-state index contributed by atoms with van der Waals surface area (Å²) in [5, 5.41) is 12.1. The van der Waals surface area contributed by atoms with Crippen LogP contribution in [0.15, 0.2) is 11.4 Å². The maximum Gasteiger partial charge on any atom is 0.349 e. The molecule has 2 aromatic heterocycles. The first-order valence-corrected chi connectivity index (χ1v) is 7.69. The second-order valence-electron chi connectivity index (χ2n) is 4.11. The summed E-state index contributed by atoms with van der Waals surface area (Å²) in [6, 6.07) is 1.83. The third-order valence-corrected chi connectivity index (χ3v) is 4.47. The van der Waals surface area contributed by atoms with Crippen LogP contribution in [0.2, 0.25) is 0 Å². The molecule has 0 saturated carbocycles. The Morgan fingerprint density at radius 2 is 2.32 bits per heavy atom. The number of hydrogen-bond acceptors (Lipinski definition) is 5. The van der Waals surface area contributed by atoms with Crippen LogP contribution in [0.25, 0.3) is 0 Å². The Morgan fingerprint density at radius 1 is 1.53 bits per heavy atom. The molecule has 0 atom stereocenters. The van der Waals surface area contributed by atoms with E-state index in [1.165, 1.54) is 11.3 Å². The predicted octanol–water partition coefficient (Wildman–Crippen LogP) is 3.74. The van der Waals surface area contributed by atoms with Crippen LogP contribution in [0.1, 0.15) is 38.6 Å². The van der Waals surface area contributed by atoms with Crippen molar-refractivity contribution in [1.29, 1.82) is 0 Å². The first kappa shape index (κ1) is 14.0. The van der Waals surface area contributed by atoms with Gasteiger partial charge in [-0.2, -0.15) is 0 Å². The standard InChI is InChI=1S/C13H15NO3S2/c1-3-4-10-5-11(12(19-10)13(15)16)17-6-9-7-18-8(2)14-9/h5,7H,3-4,6H2,1-2H3,(H,15,16). The van der Waals surface area contributed by atoms with Crippen LogP contribution in [0.3, 0.4) is 0 Å². The van der Waals surface area contributed by atoms with Gasteiger partial charge in [0.05, 0.1) is 10.7 Å². The molecule has 0 aliphatic rings. The molecule has 19 heavy (non-hydrogen) atoms. The Balaban J connectivity index is 2.11. The van der Waals surface area contributed by atoms with E-state index in [1.807, 2.05) is 18.4 Å². The summed E-state index contributed by atoms with van der Waals surface area (Å²) in [6.45, 7) is 4.31. The van der Waals surface area contributed by atoms with Gasteiger partial charge >= 0.3 is 5.97 Å². The number of aromatic carboxylic acids is 1. The van der Waals surface area contributed by atoms with Gasteiger partial charge in [0, 0.05) is 10.3 Å². The number of carboxylic acid groups (broad SMARTS) is 1. The topological polar surface area (TPSA) is 59.4 Å². The number of aromatic nitrogens is 1. The summed E-state index contributed by atoms with van der Waals surface area (Å²) in [5.74, 6) is -0.483. The number of rotatable bonds is 6. The van der Waals surface area contributed by atoms with E-state index < -0.39 is 5.97 Å². The Kier molecular flexibility index (Phi) is 4.55. The number of thiazole rings is 1. The molecule has 0 radical (unpaired) electrons. The van der Waals surface area contributed by atoms with E-state index in [2.05, 4.69) is 11.9 Å². The molecule has 4 nitrogen and oxygen atoms in total. The summed E-state index contributed by atoms with van der Waals surface area (Å²) < 4.78 is 5.60. The normalized spacial score (nSPS) is 10.6. The molecule has 6 heteroatoms. The van der Waals surface area contributed by atoms with Gasteiger partial charge in [0.15, 0.2) is 4.88 Å². The molecule has 0 amide bonds. The van der Waals surface area contributed by atoms with Crippen LogP contribution in [0.5, 0.6) is 5.75 Å². The lowest BCUT2D eigenvalue weighted by Gasteiger charge is -2.02. The fraction of sp³-hybridized carbons (Fsp3) is 0.385. The van der Waals surface area contributed by atoms with Crippen LogP contribution in [0, 0.1) is 6.92 Å². The van der Waals surface area contributed by atoms with Crippen molar-refractivity contribution in [3.05, 3.63) is 31.9 Å². The quantitative estimate of drug-likeness (QED) is 0.882. The van der Waals surface area contributed by atoms with Gasteiger partial charge in [-0.1, -0.05) is 13.3 Å².